The number of hydrogen-bond donors (Lipinski definition) is 2. The van der Waals surface area contributed by atoms with E-state index in [2.05, 4.69) is 10.3 Å². The van der Waals surface area contributed by atoms with E-state index < -0.39 is 5.91 Å². The minimum Gasteiger partial charge on any atom is -0.496 e. The van der Waals surface area contributed by atoms with E-state index in [1.165, 1.54) is 7.11 Å². The lowest BCUT2D eigenvalue weighted by atomic mass is 10.1. The molecule has 1 aliphatic rings. The number of nitrogens with one attached hydrogen (secondary N) is 1. The molecule has 0 unspecified atom stereocenters. The number of nitrogens with two attached hydrogens (primary N) is 1. The smallest absolute Gasteiger partial charge is 0.252 e. The summed E-state index contributed by atoms with van der Waals surface area (Å²) in [6, 6.07) is 10.2. The van der Waals surface area contributed by atoms with Crippen LogP contribution in [0.3, 0.4) is 0 Å². The van der Waals surface area contributed by atoms with Crippen LogP contribution in [0.1, 0.15) is 10.4 Å². The molecule has 166 valence electrons. The largest absolute Gasteiger partial charge is 0.496 e. The van der Waals surface area contributed by atoms with Crippen LogP contribution in [0.2, 0.25) is 5.02 Å². The summed E-state index contributed by atoms with van der Waals surface area (Å²) >= 11 is 11.9. The Morgan fingerprint density at radius 3 is 2.69 bits per heavy atom. The topological polar surface area (TPSA) is 98.9 Å². The van der Waals surface area contributed by atoms with Gasteiger partial charge in [0, 0.05) is 36.8 Å². The molecule has 1 aromatic heterocycles. The van der Waals surface area contributed by atoms with Crippen molar-refractivity contribution in [3.05, 3.63) is 53.2 Å². The fourth-order valence-corrected chi connectivity index (χ4v) is 3.86. The maximum Gasteiger partial charge on any atom is 0.252 e. The summed E-state index contributed by atoms with van der Waals surface area (Å²) in [5, 5.41) is 4.84. The second-order valence-electron chi connectivity index (χ2n) is 7.02. The Hall–Kier alpha value is -3.14. The van der Waals surface area contributed by atoms with Crippen LogP contribution in [0.4, 0.5) is 5.69 Å². The predicted octanol–water partition coefficient (Wildman–Crippen LogP) is 3.82. The second-order valence-corrected chi connectivity index (χ2v) is 7.81. The van der Waals surface area contributed by atoms with Gasteiger partial charge in [0.2, 0.25) is 0 Å². The SMILES string of the molecule is COc1cc2nccc(Oc3ccc(NC(=S)N4CCOCC4)c(Cl)c3)c2cc1C(N)=O. The van der Waals surface area contributed by atoms with E-state index in [1.54, 1.807) is 42.6 Å². The number of rotatable bonds is 5. The molecule has 1 aliphatic heterocycles. The fourth-order valence-electron chi connectivity index (χ4n) is 3.35. The summed E-state index contributed by atoms with van der Waals surface area (Å²) in [6.07, 6.45) is 1.61. The molecule has 0 radical (unpaired) electrons. The standard InChI is InChI=1S/C22H21ClN4O4S/c1-29-20-12-18-14(11-15(20)21(24)28)19(4-5-25-18)31-13-2-3-17(16(23)10-13)26-22(32)27-6-8-30-9-7-27/h2-5,10-12H,6-9H2,1H3,(H2,24,28)(H,26,32). The highest BCUT2D eigenvalue weighted by molar-refractivity contribution is 7.80. The molecule has 0 spiro atoms. The first kappa shape index (κ1) is 22.1. The van der Waals surface area contributed by atoms with Gasteiger partial charge in [-0.3, -0.25) is 9.78 Å². The lowest BCUT2D eigenvalue weighted by Crippen LogP contribution is -2.42. The predicted molar refractivity (Wildman–Crippen MR) is 127 cm³/mol. The molecular weight excluding hydrogens is 452 g/mol. The molecule has 1 fully saturated rings. The first-order chi connectivity index (χ1) is 15.5. The number of fused-ring (bicyclic) bond motifs is 1. The number of hydrogen-bond acceptors (Lipinski definition) is 6. The number of benzene rings is 2. The molecule has 1 amide bonds. The number of carbonyl (C=O) groups is 1. The third-order valence-electron chi connectivity index (χ3n) is 5.00. The molecule has 3 aromatic rings. The van der Waals surface area contributed by atoms with E-state index in [4.69, 9.17) is 43.8 Å². The van der Waals surface area contributed by atoms with Gasteiger partial charge in [-0.2, -0.15) is 0 Å². The molecule has 0 bridgehead atoms. The third-order valence-corrected chi connectivity index (χ3v) is 5.67. The summed E-state index contributed by atoms with van der Waals surface area (Å²) in [7, 11) is 1.47. The summed E-state index contributed by atoms with van der Waals surface area (Å²) in [5.41, 5.74) is 7.01. The van der Waals surface area contributed by atoms with Crippen LogP contribution in [0.25, 0.3) is 10.9 Å². The number of primary amides is 1. The van der Waals surface area contributed by atoms with E-state index in [-0.39, 0.29) is 5.56 Å². The van der Waals surface area contributed by atoms with Crippen molar-refractivity contribution in [1.82, 2.24) is 9.88 Å². The van der Waals surface area contributed by atoms with Crippen LogP contribution in [-0.2, 0) is 4.74 Å². The minimum atomic E-state index is -0.603. The molecule has 32 heavy (non-hydrogen) atoms. The summed E-state index contributed by atoms with van der Waals surface area (Å²) in [4.78, 5) is 18.2. The first-order valence-electron chi connectivity index (χ1n) is 9.84. The van der Waals surface area contributed by atoms with E-state index in [1.807, 2.05) is 4.90 Å². The third kappa shape index (κ3) is 4.69. The van der Waals surface area contributed by atoms with Crippen LogP contribution in [0.15, 0.2) is 42.6 Å². The Labute approximate surface area is 195 Å². The van der Waals surface area contributed by atoms with Crippen molar-refractivity contribution in [3.8, 4) is 17.2 Å². The zero-order chi connectivity index (χ0) is 22.7. The average molecular weight is 473 g/mol. The molecule has 0 atom stereocenters. The van der Waals surface area contributed by atoms with Gasteiger partial charge in [0.05, 0.1) is 42.1 Å². The van der Waals surface area contributed by atoms with Crippen molar-refractivity contribution in [1.29, 1.82) is 0 Å². The number of pyridine rings is 1. The van der Waals surface area contributed by atoms with Gasteiger partial charge in [-0.1, -0.05) is 11.6 Å². The van der Waals surface area contributed by atoms with E-state index in [9.17, 15) is 4.79 Å². The lowest BCUT2D eigenvalue weighted by molar-refractivity contribution is 0.0690. The van der Waals surface area contributed by atoms with Crippen molar-refractivity contribution in [2.24, 2.45) is 5.73 Å². The maximum atomic E-state index is 11.8. The van der Waals surface area contributed by atoms with Crippen LogP contribution >= 0.6 is 23.8 Å². The highest BCUT2D eigenvalue weighted by atomic mass is 35.5. The summed E-state index contributed by atoms with van der Waals surface area (Å²) < 4.78 is 16.7. The molecule has 8 nitrogen and oxygen atoms in total. The van der Waals surface area contributed by atoms with Crippen LogP contribution < -0.4 is 20.5 Å². The van der Waals surface area contributed by atoms with E-state index >= 15 is 0 Å². The number of carbonyl (C=O) groups excluding carboxylic acids is 1. The Kier molecular flexibility index (Phi) is 6.59. The van der Waals surface area contributed by atoms with Crippen molar-refractivity contribution < 1.29 is 19.0 Å². The Morgan fingerprint density at radius 2 is 2.00 bits per heavy atom. The van der Waals surface area contributed by atoms with Gasteiger partial charge in [-0.05, 0) is 36.5 Å². The summed E-state index contributed by atoms with van der Waals surface area (Å²) in [6.45, 7) is 2.76. The monoisotopic (exact) mass is 472 g/mol. The molecule has 0 aliphatic carbocycles. The van der Waals surface area contributed by atoms with Crippen molar-refractivity contribution in [2.45, 2.75) is 0 Å². The summed E-state index contributed by atoms with van der Waals surface area (Å²) in [5.74, 6) is 0.764. The quantitative estimate of drug-likeness (QED) is 0.541. The van der Waals surface area contributed by atoms with Gasteiger partial charge in [0.15, 0.2) is 5.11 Å². The highest BCUT2D eigenvalue weighted by Crippen LogP contribution is 2.35. The van der Waals surface area contributed by atoms with Gasteiger partial charge in [-0.15, -0.1) is 0 Å². The number of anilines is 1. The number of methoxy groups -OCH3 is 1. The van der Waals surface area contributed by atoms with E-state index in [0.29, 0.717) is 57.2 Å². The van der Waals surface area contributed by atoms with Gasteiger partial charge in [-0.25, -0.2) is 0 Å². The molecule has 10 heteroatoms. The Bertz CT molecular complexity index is 1180. The molecule has 3 N–H and O–H groups in total. The van der Waals surface area contributed by atoms with Crippen LogP contribution in [-0.4, -0.2) is 54.3 Å². The second kappa shape index (κ2) is 9.56. The van der Waals surface area contributed by atoms with Gasteiger partial charge < -0.3 is 30.2 Å². The lowest BCUT2D eigenvalue weighted by Gasteiger charge is -2.29. The number of nitrogens with zero attached hydrogens (tertiary/aromatic N) is 2. The minimum absolute atomic E-state index is 0.243. The molecule has 0 saturated carbocycles. The molecule has 2 heterocycles. The number of halogens is 1. The zero-order valence-corrected chi connectivity index (χ0v) is 18.8. The number of amides is 1. The zero-order valence-electron chi connectivity index (χ0n) is 17.3. The van der Waals surface area contributed by atoms with Crippen molar-refractivity contribution in [2.75, 3.05) is 38.7 Å². The average Bonchev–Trinajstić information content (AvgIpc) is 2.80. The van der Waals surface area contributed by atoms with Gasteiger partial charge in [0.1, 0.15) is 17.2 Å². The normalized spacial score (nSPS) is 13.6. The molecular formula is C22H21ClN4O4S. The Morgan fingerprint density at radius 1 is 1.22 bits per heavy atom. The first-order valence-corrected chi connectivity index (χ1v) is 10.6. The fraction of sp³-hybridized carbons (Fsp3) is 0.227. The van der Waals surface area contributed by atoms with Crippen molar-refractivity contribution >= 4 is 51.4 Å². The molecule has 2 aromatic carbocycles. The number of thiocarbonyl (C=S) groups is 1. The van der Waals surface area contributed by atoms with Crippen molar-refractivity contribution in [3.63, 3.8) is 0 Å². The molecule has 4 rings (SSSR count). The maximum absolute atomic E-state index is 11.8. The van der Waals surface area contributed by atoms with E-state index in [0.717, 1.165) is 13.1 Å². The van der Waals surface area contributed by atoms with Crippen LogP contribution in [0, 0.1) is 0 Å². The Balaban J connectivity index is 1.57. The highest BCUT2D eigenvalue weighted by Gasteiger charge is 2.16. The van der Waals surface area contributed by atoms with Crippen LogP contribution in [0.5, 0.6) is 17.2 Å². The number of ether oxygens (including phenoxy) is 3. The number of aromatic nitrogens is 1. The molecule has 1 saturated heterocycles. The van der Waals surface area contributed by atoms with Gasteiger partial charge >= 0.3 is 0 Å². The number of morpholine rings is 1. The van der Waals surface area contributed by atoms with Gasteiger partial charge in [0.25, 0.3) is 5.91 Å².